The van der Waals surface area contributed by atoms with Crippen molar-refractivity contribution in [3.63, 3.8) is 0 Å². The van der Waals surface area contributed by atoms with Crippen molar-refractivity contribution < 1.29 is 4.79 Å². The van der Waals surface area contributed by atoms with E-state index in [9.17, 15) is 4.79 Å². The summed E-state index contributed by atoms with van der Waals surface area (Å²) in [4.78, 5) is 14.4. The highest BCUT2D eigenvalue weighted by atomic mass is 16.2. The predicted molar refractivity (Wildman–Crippen MR) is 79.3 cm³/mol. The number of nitrogens with one attached hydrogen (secondary N) is 1. The molecule has 1 heterocycles. The number of carbonyl (C=O) groups is 1. The van der Waals surface area contributed by atoms with E-state index < -0.39 is 0 Å². The number of carbonyl (C=O) groups excluding carboxylic acids is 1. The van der Waals surface area contributed by atoms with Crippen LogP contribution in [0.25, 0.3) is 0 Å². The Bertz CT molecular complexity index is 444. The summed E-state index contributed by atoms with van der Waals surface area (Å²) in [5, 5.41) is 3.45. The highest BCUT2D eigenvalue weighted by Gasteiger charge is 2.31. The Morgan fingerprint density at radius 2 is 2.16 bits per heavy atom. The molecular formula is C16H24N2O. The quantitative estimate of drug-likeness (QED) is 0.902. The summed E-state index contributed by atoms with van der Waals surface area (Å²) >= 11 is 0. The summed E-state index contributed by atoms with van der Waals surface area (Å²) in [7, 11) is 1.92. The van der Waals surface area contributed by atoms with Gasteiger partial charge in [-0.1, -0.05) is 31.5 Å². The van der Waals surface area contributed by atoms with Gasteiger partial charge >= 0.3 is 0 Å². The van der Waals surface area contributed by atoms with Crippen LogP contribution in [0.2, 0.25) is 0 Å². The third-order valence-corrected chi connectivity index (χ3v) is 3.98. The maximum absolute atomic E-state index is 12.5. The largest absolute Gasteiger partial charge is 0.382 e. The summed E-state index contributed by atoms with van der Waals surface area (Å²) in [6.07, 6.45) is 3.05. The standard InChI is InChI=1S/C16H24N2O/c1-4-5-10-18(3)16(19)14-11-13-8-6-7-9-15(13)17-12(14)2/h6-9,12,14,17H,4-5,10-11H2,1-3H3. The van der Waals surface area contributed by atoms with Crippen molar-refractivity contribution >= 4 is 11.6 Å². The first-order valence-corrected chi connectivity index (χ1v) is 7.23. The number of para-hydroxylation sites is 1. The van der Waals surface area contributed by atoms with Gasteiger partial charge in [0.25, 0.3) is 0 Å². The summed E-state index contributed by atoms with van der Waals surface area (Å²) in [5.41, 5.74) is 2.43. The molecule has 19 heavy (non-hydrogen) atoms. The SMILES string of the molecule is CCCCN(C)C(=O)C1Cc2ccccc2NC1C. The fraction of sp³-hybridized carbons (Fsp3) is 0.562. The van der Waals surface area contributed by atoms with Gasteiger partial charge in [0.2, 0.25) is 5.91 Å². The maximum atomic E-state index is 12.5. The topological polar surface area (TPSA) is 32.3 Å². The average molecular weight is 260 g/mol. The zero-order chi connectivity index (χ0) is 13.8. The number of hydrogen-bond acceptors (Lipinski definition) is 2. The second-order valence-corrected chi connectivity index (χ2v) is 5.51. The van der Waals surface area contributed by atoms with Crippen LogP contribution in [0.15, 0.2) is 24.3 Å². The van der Waals surface area contributed by atoms with Gasteiger partial charge in [-0.3, -0.25) is 4.79 Å². The maximum Gasteiger partial charge on any atom is 0.227 e. The number of anilines is 1. The molecule has 2 atom stereocenters. The molecule has 1 aromatic rings. The number of nitrogens with zero attached hydrogens (tertiary/aromatic N) is 1. The van der Waals surface area contributed by atoms with E-state index in [1.54, 1.807) is 0 Å². The van der Waals surface area contributed by atoms with Crippen molar-refractivity contribution in [1.29, 1.82) is 0 Å². The van der Waals surface area contributed by atoms with Crippen LogP contribution in [0.5, 0.6) is 0 Å². The first kappa shape index (κ1) is 13.9. The molecule has 0 saturated heterocycles. The van der Waals surface area contributed by atoms with E-state index in [2.05, 4.69) is 31.3 Å². The minimum Gasteiger partial charge on any atom is -0.382 e. The number of unbranched alkanes of at least 4 members (excludes halogenated alkanes) is 1. The highest BCUT2D eigenvalue weighted by molar-refractivity contribution is 5.81. The third-order valence-electron chi connectivity index (χ3n) is 3.98. The van der Waals surface area contributed by atoms with E-state index >= 15 is 0 Å². The molecule has 2 unspecified atom stereocenters. The monoisotopic (exact) mass is 260 g/mol. The minimum absolute atomic E-state index is 0.0526. The van der Waals surface area contributed by atoms with E-state index in [0.717, 1.165) is 25.8 Å². The Labute approximate surface area is 116 Å². The molecule has 1 aliphatic heterocycles. The van der Waals surface area contributed by atoms with Gasteiger partial charge in [-0.25, -0.2) is 0 Å². The molecule has 3 heteroatoms. The molecule has 0 aliphatic carbocycles. The third kappa shape index (κ3) is 3.09. The molecule has 0 spiro atoms. The van der Waals surface area contributed by atoms with Gasteiger partial charge in [-0.05, 0) is 31.4 Å². The van der Waals surface area contributed by atoms with Gasteiger partial charge in [-0.2, -0.15) is 0 Å². The molecule has 1 N–H and O–H groups in total. The highest BCUT2D eigenvalue weighted by Crippen LogP contribution is 2.29. The molecule has 2 rings (SSSR count). The minimum atomic E-state index is 0.0526. The van der Waals surface area contributed by atoms with Crippen LogP contribution in [0.4, 0.5) is 5.69 Å². The van der Waals surface area contributed by atoms with Crippen molar-refractivity contribution in [2.75, 3.05) is 18.9 Å². The fourth-order valence-corrected chi connectivity index (χ4v) is 2.69. The zero-order valence-corrected chi connectivity index (χ0v) is 12.1. The summed E-state index contributed by atoms with van der Waals surface area (Å²) in [6.45, 7) is 5.12. The molecule has 1 aliphatic rings. The van der Waals surface area contributed by atoms with Gasteiger partial charge in [0.15, 0.2) is 0 Å². The molecular weight excluding hydrogens is 236 g/mol. The van der Waals surface area contributed by atoms with E-state index in [1.165, 1.54) is 11.3 Å². The zero-order valence-electron chi connectivity index (χ0n) is 12.1. The van der Waals surface area contributed by atoms with Crippen LogP contribution < -0.4 is 5.32 Å². The Balaban J connectivity index is 2.07. The van der Waals surface area contributed by atoms with Crippen molar-refractivity contribution in [2.24, 2.45) is 5.92 Å². The Kier molecular flexibility index (Phi) is 4.46. The second kappa shape index (κ2) is 6.09. The molecule has 0 saturated carbocycles. The fourth-order valence-electron chi connectivity index (χ4n) is 2.69. The van der Waals surface area contributed by atoms with Crippen molar-refractivity contribution in [2.45, 2.75) is 39.2 Å². The number of fused-ring (bicyclic) bond motifs is 1. The van der Waals surface area contributed by atoms with Gasteiger partial charge in [-0.15, -0.1) is 0 Å². The average Bonchev–Trinajstić information content (AvgIpc) is 2.43. The predicted octanol–water partition coefficient (Wildman–Crippen LogP) is 2.92. The molecule has 104 valence electrons. The van der Waals surface area contributed by atoms with E-state index in [4.69, 9.17) is 0 Å². The molecule has 0 bridgehead atoms. The van der Waals surface area contributed by atoms with Gasteiger partial charge in [0.05, 0.1) is 5.92 Å². The normalized spacial score (nSPS) is 21.4. The second-order valence-electron chi connectivity index (χ2n) is 5.51. The van der Waals surface area contributed by atoms with Crippen LogP contribution in [0.1, 0.15) is 32.3 Å². The van der Waals surface area contributed by atoms with Crippen LogP contribution in [0.3, 0.4) is 0 Å². The molecule has 3 nitrogen and oxygen atoms in total. The molecule has 0 radical (unpaired) electrons. The number of benzene rings is 1. The van der Waals surface area contributed by atoms with Crippen LogP contribution in [0, 0.1) is 5.92 Å². The lowest BCUT2D eigenvalue weighted by atomic mass is 9.87. The lowest BCUT2D eigenvalue weighted by Gasteiger charge is -2.34. The van der Waals surface area contributed by atoms with Crippen molar-refractivity contribution in [3.8, 4) is 0 Å². The molecule has 1 amide bonds. The van der Waals surface area contributed by atoms with Crippen molar-refractivity contribution in [3.05, 3.63) is 29.8 Å². The van der Waals surface area contributed by atoms with E-state index in [-0.39, 0.29) is 17.9 Å². The van der Waals surface area contributed by atoms with Crippen LogP contribution >= 0.6 is 0 Å². The molecule has 1 aromatic carbocycles. The Morgan fingerprint density at radius 1 is 1.42 bits per heavy atom. The summed E-state index contributed by atoms with van der Waals surface area (Å²) in [5.74, 6) is 0.319. The van der Waals surface area contributed by atoms with E-state index in [0.29, 0.717) is 0 Å². The van der Waals surface area contributed by atoms with Gasteiger partial charge < -0.3 is 10.2 Å². The smallest absolute Gasteiger partial charge is 0.227 e. The summed E-state index contributed by atoms with van der Waals surface area (Å²) < 4.78 is 0. The van der Waals surface area contributed by atoms with Gasteiger partial charge in [0.1, 0.15) is 0 Å². The number of hydrogen-bond donors (Lipinski definition) is 1. The van der Waals surface area contributed by atoms with Crippen LogP contribution in [-0.2, 0) is 11.2 Å². The van der Waals surface area contributed by atoms with Crippen LogP contribution in [-0.4, -0.2) is 30.4 Å². The molecule has 0 aromatic heterocycles. The first-order chi connectivity index (χ1) is 9.13. The molecule has 0 fully saturated rings. The van der Waals surface area contributed by atoms with Gasteiger partial charge in [0, 0.05) is 25.3 Å². The lowest BCUT2D eigenvalue weighted by Crippen LogP contribution is -2.44. The summed E-state index contributed by atoms with van der Waals surface area (Å²) in [6, 6.07) is 8.48. The first-order valence-electron chi connectivity index (χ1n) is 7.23. The van der Waals surface area contributed by atoms with Crippen molar-refractivity contribution in [1.82, 2.24) is 4.90 Å². The van der Waals surface area contributed by atoms with E-state index in [1.807, 2.05) is 24.1 Å². The number of rotatable bonds is 4. The Morgan fingerprint density at radius 3 is 2.89 bits per heavy atom. The lowest BCUT2D eigenvalue weighted by molar-refractivity contribution is -0.134. The number of amides is 1. The Hall–Kier alpha value is -1.51.